The van der Waals surface area contributed by atoms with Crippen molar-refractivity contribution in [3.05, 3.63) is 36.0 Å². The van der Waals surface area contributed by atoms with Crippen molar-refractivity contribution in [2.45, 2.75) is 45.1 Å². The van der Waals surface area contributed by atoms with Gasteiger partial charge in [0.2, 0.25) is 0 Å². The standard InChI is InChI=1S/C22H28N4O3/c1-22(2,3)29-21(28)25-11-7-15(8-12-25)17-6-9-23-19-14-16(4-5-18(17)19)26-13-10-24-20(26)27/h4-6,9,14-15H,7-8,10-13H2,1-3H3,(H,24,27). The molecule has 7 heteroatoms. The van der Waals surface area contributed by atoms with E-state index in [9.17, 15) is 9.59 Å². The van der Waals surface area contributed by atoms with Crippen molar-refractivity contribution < 1.29 is 14.3 Å². The Balaban J connectivity index is 1.50. The van der Waals surface area contributed by atoms with Crippen LogP contribution in [0.2, 0.25) is 0 Å². The molecule has 2 fully saturated rings. The fourth-order valence-corrected chi connectivity index (χ4v) is 4.10. The van der Waals surface area contributed by atoms with Gasteiger partial charge in [-0.1, -0.05) is 6.07 Å². The van der Waals surface area contributed by atoms with E-state index in [2.05, 4.69) is 22.4 Å². The minimum absolute atomic E-state index is 0.0602. The summed E-state index contributed by atoms with van der Waals surface area (Å²) in [7, 11) is 0. The van der Waals surface area contributed by atoms with Gasteiger partial charge >= 0.3 is 12.1 Å². The molecule has 0 aliphatic carbocycles. The van der Waals surface area contributed by atoms with Crippen molar-refractivity contribution in [2.75, 3.05) is 31.1 Å². The number of carbonyl (C=O) groups is 2. The lowest BCUT2D eigenvalue weighted by atomic mass is 9.87. The van der Waals surface area contributed by atoms with Gasteiger partial charge in [0.25, 0.3) is 0 Å². The minimum Gasteiger partial charge on any atom is -0.444 e. The van der Waals surface area contributed by atoms with Crippen molar-refractivity contribution in [2.24, 2.45) is 0 Å². The molecule has 3 heterocycles. The molecule has 29 heavy (non-hydrogen) atoms. The van der Waals surface area contributed by atoms with Crippen molar-refractivity contribution in [1.82, 2.24) is 15.2 Å². The Morgan fingerprint density at radius 1 is 1.17 bits per heavy atom. The van der Waals surface area contributed by atoms with Crippen LogP contribution < -0.4 is 10.2 Å². The van der Waals surface area contributed by atoms with E-state index in [4.69, 9.17) is 4.74 Å². The number of rotatable bonds is 2. The average molecular weight is 396 g/mol. The summed E-state index contributed by atoms with van der Waals surface area (Å²) < 4.78 is 5.50. The van der Waals surface area contributed by atoms with E-state index >= 15 is 0 Å². The number of pyridine rings is 1. The topological polar surface area (TPSA) is 74.8 Å². The number of aromatic nitrogens is 1. The third-order valence-electron chi connectivity index (χ3n) is 5.51. The van der Waals surface area contributed by atoms with Gasteiger partial charge in [-0.05, 0) is 63.3 Å². The molecule has 0 atom stereocenters. The van der Waals surface area contributed by atoms with Crippen molar-refractivity contribution in [1.29, 1.82) is 0 Å². The molecule has 4 rings (SSSR count). The number of hydrogen-bond donors (Lipinski definition) is 1. The summed E-state index contributed by atoms with van der Waals surface area (Å²) >= 11 is 0. The van der Waals surface area contributed by atoms with Gasteiger partial charge in [0.1, 0.15) is 5.60 Å². The quantitative estimate of drug-likeness (QED) is 0.836. The third kappa shape index (κ3) is 4.13. The van der Waals surface area contributed by atoms with Gasteiger partial charge in [0, 0.05) is 43.4 Å². The van der Waals surface area contributed by atoms with Crippen LogP contribution in [0, 0.1) is 0 Å². The highest BCUT2D eigenvalue weighted by atomic mass is 16.6. The van der Waals surface area contributed by atoms with E-state index in [1.807, 2.05) is 39.1 Å². The molecule has 1 aromatic carbocycles. The predicted molar refractivity (Wildman–Crippen MR) is 112 cm³/mol. The summed E-state index contributed by atoms with van der Waals surface area (Å²) in [6.07, 6.45) is 3.40. The molecule has 2 aliphatic rings. The zero-order valence-corrected chi connectivity index (χ0v) is 17.3. The van der Waals surface area contributed by atoms with E-state index in [0.29, 0.717) is 32.1 Å². The van der Waals surface area contributed by atoms with Crippen LogP contribution in [0.15, 0.2) is 30.5 Å². The number of benzene rings is 1. The zero-order chi connectivity index (χ0) is 20.6. The highest BCUT2D eigenvalue weighted by Gasteiger charge is 2.28. The van der Waals surface area contributed by atoms with Gasteiger partial charge in [-0.3, -0.25) is 9.88 Å². The van der Waals surface area contributed by atoms with Crippen LogP contribution in [0.1, 0.15) is 45.1 Å². The van der Waals surface area contributed by atoms with Gasteiger partial charge in [0.15, 0.2) is 0 Å². The van der Waals surface area contributed by atoms with Gasteiger partial charge in [-0.2, -0.15) is 0 Å². The number of likely N-dealkylation sites (tertiary alicyclic amines) is 1. The Labute approximate surface area is 171 Å². The fraction of sp³-hybridized carbons (Fsp3) is 0.500. The lowest BCUT2D eigenvalue weighted by molar-refractivity contribution is 0.0205. The SMILES string of the molecule is CC(C)(C)OC(=O)N1CCC(c2ccnc3cc(N4CCNC4=O)ccc23)CC1. The molecule has 0 bridgehead atoms. The Kier molecular flexibility index (Phi) is 5.06. The molecular formula is C22H28N4O3. The summed E-state index contributed by atoms with van der Waals surface area (Å²) in [5, 5.41) is 3.95. The highest BCUT2D eigenvalue weighted by molar-refractivity contribution is 5.96. The number of amides is 3. The molecule has 2 aliphatic heterocycles. The molecule has 0 unspecified atom stereocenters. The Bertz CT molecular complexity index is 929. The maximum absolute atomic E-state index is 12.3. The molecule has 0 radical (unpaired) electrons. The molecule has 0 saturated carbocycles. The molecule has 1 N–H and O–H groups in total. The van der Waals surface area contributed by atoms with Gasteiger partial charge in [-0.25, -0.2) is 9.59 Å². The maximum Gasteiger partial charge on any atom is 0.410 e. The van der Waals surface area contributed by atoms with Crippen LogP contribution in [0.5, 0.6) is 0 Å². The smallest absolute Gasteiger partial charge is 0.410 e. The minimum atomic E-state index is -0.473. The van der Waals surface area contributed by atoms with Crippen LogP contribution in [0.3, 0.4) is 0 Å². The summed E-state index contributed by atoms with van der Waals surface area (Å²) in [5.41, 5.74) is 2.56. The first-order chi connectivity index (χ1) is 13.8. The van der Waals surface area contributed by atoms with Crippen LogP contribution in [0.25, 0.3) is 10.9 Å². The molecule has 2 aromatic rings. The lowest BCUT2D eigenvalue weighted by Gasteiger charge is -2.34. The van der Waals surface area contributed by atoms with Crippen LogP contribution >= 0.6 is 0 Å². The number of urea groups is 1. The zero-order valence-electron chi connectivity index (χ0n) is 17.3. The van der Waals surface area contributed by atoms with E-state index < -0.39 is 5.60 Å². The highest BCUT2D eigenvalue weighted by Crippen LogP contribution is 2.34. The molecule has 2 saturated heterocycles. The number of piperidine rings is 1. The number of ether oxygens (including phenoxy) is 1. The first-order valence-electron chi connectivity index (χ1n) is 10.2. The fourth-order valence-electron chi connectivity index (χ4n) is 4.10. The van der Waals surface area contributed by atoms with Crippen LogP contribution in [-0.4, -0.2) is 53.8 Å². The number of nitrogens with one attached hydrogen (secondary N) is 1. The predicted octanol–water partition coefficient (Wildman–Crippen LogP) is 3.88. The summed E-state index contributed by atoms with van der Waals surface area (Å²) in [5.74, 6) is 0.375. The van der Waals surface area contributed by atoms with Gasteiger partial charge in [-0.15, -0.1) is 0 Å². The Morgan fingerprint density at radius 2 is 1.93 bits per heavy atom. The van der Waals surface area contributed by atoms with E-state index in [-0.39, 0.29) is 12.1 Å². The lowest BCUT2D eigenvalue weighted by Crippen LogP contribution is -2.41. The summed E-state index contributed by atoms with van der Waals surface area (Å²) in [6.45, 7) is 8.39. The van der Waals surface area contributed by atoms with Crippen molar-refractivity contribution in [3.63, 3.8) is 0 Å². The van der Waals surface area contributed by atoms with E-state index in [0.717, 1.165) is 29.4 Å². The first kappa shape index (κ1) is 19.5. The van der Waals surface area contributed by atoms with Crippen molar-refractivity contribution in [3.8, 4) is 0 Å². The molecule has 1 aromatic heterocycles. The van der Waals surface area contributed by atoms with Gasteiger partial charge < -0.3 is 15.0 Å². The Morgan fingerprint density at radius 3 is 2.59 bits per heavy atom. The summed E-state index contributed by atoms with van der Waals surface area (Å²) in [6, 6.07) is 8.07. The maximum atomic E-state index is 12.3. The number of anilines is 1. The monoisotopic (exact) mass is 396 g/mol. The van der Waals surface area contributed by atoms with Crippen LogP contribution in [-0.2, 0) is 4.74 Å². The number of fused-ring (bicyclic) bond motifs is 1. The van der Waals surface area contributed by atoms with Crippen LogP contribution in [0.4, 0.5) is 15.3 Å². The number of hydrogen-bond acceptors (Lipinski definition) is 4. The second kappa shape index (κ2) is 7.54. The second-order valence-electron chi connectivity index (χ2n) is 8.73. The van der Waals surface area contributed by atoms with Gasteiger partial charge in [0.05, 0.1) is 5.52 Å². The first-order valence-corrected chi connectivity index (χ1v) is 10.2. The van der Waals surface area contributed by atoms with E-state index in [1.165, 1.54) is 5.56 Å². The average Bonchev–Trinajstić information content (AvgIpc) is 3.12. The number of carbonyl (C=O) groups excluding carboxylic acids is 2. The number of nitrogens with zero attached hydrogens (tertiary/aromatic N) is 3. The summed E-state index contributed by atoms with van der Waals surface area (Å²) in [4.78, 5) is 32.3. The molecule has 7 nitrogen and oxygen atoms in total. The second-order valence-corrected chi connectivity index (χ2v) is 8.73. The molecular weight excluding hydrogens is 368 g/mol. The molecule has 3 amide bonds. The molecule has 154 valence electrons. The third-order valence-corrected chi connectivity index (χ3v) is 5.51. The Hall–Kier alpha value is -2.83. The van der Waals surface area contributed by atoms with E-state index in [1.54, 1.807) is 9.80 Å². The van der Waals surface area contributed by atoms with Crippen molar-refractivity contribution >= 4 is 28.7 Å². The normalized spacial score (nSPS) is 18.2. The largest absolute Gasteiger partial charge is 0.444 e. The molecule has 0 spiro atoms.